The van der Waals surface area contributed by atoms with Crippen molar-refractivity contribution in [3.63, 3.8) is 0 Å². The number of benzene rings is 1. The predicted octanol–water partition coefficient (Wildman–Crippen LogP) is 2.18. The van der Waals surface area contributed by atoms with Gasteiger partial charge in [0.2, 0.25) is 0 Å². The van der Waals surface area contributed by atoms with Crippen molar-refractivity contribution in [1.82, 2.24) is 15.1 Å². The molecule has 0 aliphatic rings. The van der Waals surface area contributed by atoms with Crippen molar-refractivity contribution in [2.75, 3.05) is 18.9 Å². The first kappa shape index (κ1) is 14.0. The minimum absolute atomic E-state index is 0.135. The molecule has 0 unspecified atom stereocenters. The summed E-state index contributed by atoms with van der Waals surface area (Å²) in [6, 6.07) is 13.3. The third-order valence-corrected chi connectivity index (χ3v) is 2.85. The fourth-order valence-electron chi connectivity index (χ4n) is 1.85. The van der Waals surface area contributed by atoms with Crippen LogP contribution in [0.1, 0.15) is 23.0 Å². The molecule has 1 N–H and O–H groups in total. The monoisotopic (exact) mass is 270 g/mol. The molecule has 0 saturated heterocycles. The number of anilines is 1. The third-order valence-electron chi connectivity index (χ3n) is 2.85. The summed E-state index contributed by atoms with van der Waals surface area (Å²) in [5, 5.41) is 11.0. The normalized spacial score (nSPS) is 10.1. The number of hydrogen-bond donors (Lipinski definition) is 1. The Labute approximate surface area is 118 Å². The number of nitrogens with one attached hydrogen (secondary N) is 1. The topological polar surface area (TPSA) is 58.1 Å². The van der Waals surface area contributed by atoms with Crippen LogP contribution in [0, 0.1) is 0 Å². The minimum atomic E-state index is -0.135. The summed E-state index contributed by atoms with van der Waals surface area (Å²) < 4.78 is 0. The van der Waals surface area contributed by atoms with Crippen LogP contribution in [0.15, 0.2) is 42.5 Å². The quantitative estimate of drug-likeness (QED) is 0.904. The lowest BCUT2D eigenvalue weighted by molar-refractivity contribution is 0.0778. The Morgan fingerprint density at radius 2 is 1.90 bits per heavy atom. The summed E-state index contributed by atoms with van der Waals surface area (Å²) in [5.74, 6) is 0.541. The van der Waals surface area contributed by atoms with E-state index in [1.165, 1.54) is 0 Å². The van der Waals surface area contributed by atoms with Crippen molar-refractivity contribution in [2.24, 2.45) is 0 Å². The lowest BCUT2D eigenvalue weighted by Crippen LogP contribution is -2.27. The van der Waals surface area contributed by atoms with Gasteiger partial charge in [0.25, 0.3) is 5.91 Å². The van der Waals surface area contributed by atoms with E-state index in [1.807, 2.05) is 37.3 Å². The minimum Gasteiger partial charge on any atom is -0.369 e. The van der Waals surface area contributed by atoms with Gasteiger partial charge in [-0.05, 0) is 24.6 Å². The third kappa shape index (κ3) is 3.54. The maximum atomic E-state index is 12.2. The van der Waals surface area contributed by atoms with Gasteiger partial charge in [0.05, 0.1) is 0 Å². The van der Waals surface area contributed by atoms with Gasteiger partial charge in [-0.1, -0.05) is 30.3 Å². The average Bonchev–Trinajstić information content (AvgIpc) is 2.48. The van der Waals surface area contributed by atoms with E-state index in [0.29, 0.717) is 18.1 Å². The fraction of sp³-hybridized carbons (Fsp3) is 0.267. The summed E-state index contributed by atoms with van der Waals surface area (Å²) in [7, 11) is 1.76. The zero-order valence-electron chi connectivity index (χ0n) is 11.7. The molecule has 0 aliphatic heterocycles. The second-order valence-electron chi connectivity index (χ2n) is 4.48. The van der Waals surface area contributed by atoms with Crippen LogP contribution in [0.2, 0.25) is 0 Å². The van der Waals surface area contributed by atoms with Crippen molar-refractivity contribution < 1.29 is 4.79 Å². The predicted molar refractivity (Wildman–Crippen MR) is 78.4 cm³/mol. The van der Waals surface area contributed by atoms with Gasteiger partial charge in [-0.3, -0.25) is 4.79 Å². The number of rotatable bonds is 5. The van der Waals surface area contributed by atoms with E-state index < -0.39 is 0 Å². The SMILES string of the molecule is CCNc1ccc(C(=O)N(C)Cc2ccccc2)nn1. The smallest absolute Gasteiger partial charge is 0.274 e. The Kier molecular flexibility index (Phi) is 4.65. The van der Waals surface area contributed by atoms with Crippen LogP contribution < -0.4 is 5.32 Å². The number of amides is 1. The summed E-state index contributed by atoms with van der Waals surface area (Å²) in [5.41, 5.74) is 1.44. The van der Waals surface area contributed by atoms with E-state index in [0.717, 1.165) is 12.1 Å². The van der Waals surface area contributed by atoms with Gasteiger partial charge >= 0.3 is 0 Å². The zero-order chi connectivity index (χ0) is 14.4. The maximum Gasteiger partial charge on any atom is 0.274 e. The molecule has 5 nitrogen and oxygen atoms in total. The highest BCUT2D eigenvalue weighted by molar-refractivity contribution is 5.92. The van der Waals surface area contributed by atoms with E-state index in [9.17, 15) is 4.79 Å². The van der Waals surface area contributed by atoms with Gasteiger partial charge in [0.1, 0.15) is 5.82 Å². The molecule has 1 amide bonds. The van der Waals surface area contributed by atoms with Crippen LogP contribution in [-0.2, 0) is 6.54 Å². The van der Waals surface area contributed by atoms with Crippen LogP contribution in [0.3, 0.4) is 0 Å². The molecular formula is C15H18N4O. The van der Waals surface area contributed by atoms with Crippen LogP contribution >= 0.6 is 0 Å². The van der Waals surface area contributed by atoms with E-state index in [2.05, 4.69) is 15.5 Å². The highest BCUT2D eigenvalue weighted by Gasteiger charge is 2.13. The summed E-state index contributed by atoms with van der Waals surface area (Å²) in [6.07, 6.45) is 0. The van der Waals surface area contributed by atoms with Gasteiger partial charge < -0.3 is 10.2 Å². The van der Waals surface area contributed by atoms with Crippen molar-refractivity contribution in [3.05, 3.63) is 53.7 Å². The maximum absolute atomic E-state index is 12.2. The first-order chi connectivity index (χ1) is 9.70. The zero-order valence-corrected chi connectivity index (χ0v) is 11.7. The molecule has 1 aromatic carbocycles. The van der Waals surface area contributed by atoms with E-state index in [-0.39, 0.29) is 5.91 Å². The number of carbonyl (C=O) groups is 1. The summed E-state index contributed by atoms with van der Waals surface area (Å²) >= 11 is 0. The van der Waals surface area contributed by atoms with Gasteiger partial charge in [-0.25, -0.2) is 0 Å². The molecule has 0 bridgehead atoms. The largest absolute Gasteiger partial charge is 0.369 e. The Hall–Kier alpha value is -2.43. The first-order valence-corrected chi connectivity index (χ1v) is 6.57. The Bertz CT molecular complexity index is 554. The number of carbonyl (C=O) groups excluding carboxylic acids is 1. The van der Waals surface area contributed by atoms with Gasteiger partial charge in [-0.15, -0.1) is 10.2 Å². The Morgan fingerprint density at radius 1 is 1.15 bits per heavy atom. The molecule has 2 aromatic rings. The van der Waals surface area contributed by atoms with Crippen molar-refractivity contribution in [2.45, 2.75) is 13.5 Å². The summed E-state index contributed by atoms with van der Waals surface area (Å²) in [4.78, 5) is 13.9. The second kappa shape index (κ2) is 6.65. The molecule has 0 radical (unpaired) electrons. The van der Waals surface area contributed by atoms with Gasteiger partial charge in [0, 0.05) is 20.1 Å². The number of nitrogens with zero attached hydrogens (tertiary/aromatic N) is 3. The number of aromatic nitrogens is 2. The molecule has 0 aliphatic carbocycles. The van der Waals surface area contributed by atoms with Crippen LogP contribution in [0.4, 0.5) is 5.82 Å². The molecule has 1 aromatic heterocycles. The highest BCUT2D eigenvalue weighted by atomic mass is 16.2. The van der Waals surface area contributed by atoms with E-state index in [4.69, 9.17) is 0 Å². The molecule has 5 heteroatoms. The van der Waals surface area contributed by atoms with Crippen molar-refractivity contribution in [3.8, 4) is 0 Å². The molecule has 104 valence electrons. The molecule has 1 heterocycles. The summed E-state index contributed by atoms with van der Waals surface area (Å²) in [6.45, 7) is 3.31. The average molecular weight is 270 g/mol. The molecule has 2 rings (SSSR count). The van der Waals surface area contributed by atoms with Crippen molar-refractivity contribution >= 4 is 11.7 Å². The standard InChI is InChI=1S/C15H18N4O/c1-3-16-14-10-9-13(17-18-14)15(20)19(2)11-12-7-5-4-6-8-12/h4-10H,3,11H2,1-2H3,(H,16,18). The molecule has 0 atom stereocenters. The van der Waals surface area contributed by atoms with Gasteiger partial charge in [0.15, 0.2) is 5.69 Å². The lowest BCUT2D eigenvalue weighted by Gasteiger charge is -2.16. The molecule has 0 fully saturated rings. The Morgan fingerprint density at radius 3 is 2.50 bits per heavy atom. The molecule has 0 saturated carbocycles. The first-order valence-electron chi connectivity index (χ1n) is 6.57. The molecule has 20 heavy (non-hydrogen) atoms. The lowest BCUT2D eigenvalue weighted by atomic mass is 10.2. The van der Waals surface area contributed by atoms with Crippen LogP contribution in [-0.4, -0.2) is 34.6 Å². The van der Waals surface area contributed by atoms with E-state index in [1.54, 1.807) is 24.1 Å². The Balaban J connectivity index is 2.03. The fourth-order valence-corrected chi connectivity index (χ4v) is 1.85. The highest BCUT2D eigenvalue weighted by Crippen LogP contribution is 2.07. The van der Waals surface area contributed by atoms with Crippen LogP contribution in [0.25, 0.3) is 0 Å². The van der Waals surface area contributed by atoms with E-state index >= 15 is 0 Å². The van der Waals surface area contributed by atoms with Crippen LogP contribution in [0.5, 0.6) is 0 Å². The van der Waals surface area contributed by atoms with Crippen molar-refractivity contribution in [1.29, 1.82) is 0 Å². The molecule has 0 spiro atoms. The second-order valence-corrected chi connectivity index (χ2v) is 4.48. The molecular weight excluding hydrogens is 252 g/mol. The van der Waals surface area contributed by atoms with Gasteiger partial charge in [-0.2, -0.15) is 0 Å². The number of hydrogen-bond acceptors (Lipinski definition) is 4.